The molecule has 0 radical (unpaired) electrons. The minimum Gasteiger partial charge on any atom is -0.477 e. The van der Waals surface area contributed by atoms with Gasteiger partial charge in [0.15, 0.2) is 0 Å². The third-order valence-corrected chi connectivity index (χ3v) is 4.05. The van der Waals surface area contributed by atoms with Crippen LogP contribution in [0, 0.1) is 10.1 Å². The van der Waals surface area contributed by atoms with Gasteiger partial charge >= 0.3 is 5.97 Å². The maximum absolute atomic E-state index is 11.4. The first kappa shape index (κ1) is 13.2. The molecule has 3 rings (SSSR count). The van der Waals surface area contributed by atoms with Crippen molar-refractivity contribution < 1.29 is 14.8 Å². The summed E-state index contributed by atoms with van der Waals surface area (Å²) in [4.78, 5) is 26.1. The van der Waals surface area contributed by atoms with Gasteiger partial charge in [0.2, 0.25) is 0 Å². The zero-order valence-electron chi connectivity index (χ0n) is 10.5. The summed E-state index contributed by atoms with van der Waals surface area (Å²) in [6.45, 7) is 0. The Kier molecular flexibility index (Phi) is 3.11. The van der Waals surface area contributed by atoms with E-state index in [1.165, 1.54) is 29.5 Å². The van der Waals surface area contributed by atoms with E-state index in [9.17, 15) is 20.0 Å². The van der Waals surface area contributed by atoms with Gasteiger partial charge < -0.3 is 5.11 Å². The molecule has 0 unspecified atom stereocenters. The topological polar surface area (TPSA) is 93.3 Å². The standard InChI is InChI=1S/C14H8N2O4S/c17-14(18)12-8(4-3-6-10(12)16(19)20)13-15-9-5-1-2-7-11(9)21-13/h1-7H,(H,17,18). The normalized spacial score (nSPS) is 10.7. The van der Waals surface area contributed by atoms with Crippen molar-refractivity contribution in [1.82, 2.24) is 4.98 Å². The Morgan fingerprint density at radius 1 is 1.19 bits per heavy atom. The van der Waals surface area contributed by atoms with Crippen molar-refractivity contribution in [3.05, 3.63) is 58.1 Å². The third kappa shape index (κ3) is 2.23. The number of para-hydroxylation sites is 1. The maximum Gasteiger partial charge on any atom is 0.343 e. The summed E-state index contributed by atoms with van der Waals surface area (Å²) in [6, 6.07) is 11.6. The molecule has 21 heavy (non-hydrogen) atoms. The SMILES string of the molecule is O=C(O)c1c(-c2nc3ccccc3s2)cccc1[N+](=O)[O-]. The van der Waals surface area contributed by atoms with Crippen molar-refractivity contribution in [2.75, 3.05) is 0 Å². The molecule has 2 aromatic carbocycles. The van der Waals surface area contributed by atoms with E-state index in [1.54, 1.807) is 0 Å². The molecule has 7 heteroatoms. The second-order valence-corrected chi connectivity index (χ2v) is 5.28. The minimum absolute atomic E-state index is 0.262. The van der Waals surface area contributed by atoms with Crippen LogP contribution in [0.5, 0.6) is 0 Å². The molecule has 1 heterocycles. The fourth-order valence-corrected chi connectivity index (χ4v) is 3.08. The van der Waals surface area contributed by atoms with Crippen molar-refractivity contribution in [2.24, 2.45) is 0 Å². The molecule has 0 atom stereocenters. The number of hydrogen-bond donors (Lipinski definition) is 1. The van der Waals surface area contributed by atoms with E-state index in [0.717, 1.165) is 10.2 Å². The van der Waals surface area contributed by atoms with Crippen LogP contribution >= 0.6 is 11.3 Å². The fourth-order valence-electron chi connectivity index (χ4n) is 2.08. The number of hydrogen-bond acceptors (Lipinski definition) is 5. The first-order chi connectivity index (χ1) is 10.1. The summed E-state index contributed by atoms with van der Waals surface area (Å²) in [5.74, 6) is -1.34. The average Bonchev–Trinajstić information content (AvgIpc) is 2.90. The van der Waals surface area contributed by atoms with Crippen molar-refractivity contribution in [2.45, 2.75) is 0 Å². The van der Waals surface area contributed by atoms with E-state index in [1.807, 2.05) is 24.3 Å². The number of thiazole rings is 1. The molecule has 3 aromatic rings. The third-order valence-electron chi connectivity index (χ3n) is 2.98. The Bertz CT molecular complexity index is 839. The van der Waals surface area contributed by atoms with Gasteiger partial charge in [-0.2, -0.15) is 0 Å². The van der Waals surface area contributed by atoms with Crippen LogP contribution in [0.25, 0.3) is 20.8 Å². The van der Waals surface area contributed by atoms with Gasteiger partial charge in [-0.15, -0.1) is 11.3 Å². The number of carbonyl (C=O) groups is 1. The molecule has 0 aliphatic rings. The fraction of sp³-hybridized carbons (Fsp3) is 0. The van der Waals surface area contributed by atoms with Gasteiger partial charge in [0, 0.05) is 11.6 Å². The van der Waals surface area contributed by atoms with Gasteiger partial charge in [0.1, 0.15) is 10.6 Å². The number of nitro groups is 1. The van der Waals surface area contributed by atoms with Gasteiger partial charge in [-0.1, -0.05) is 24.3 Å². The number of nitro benzene ring substituents is 1. The van der Waals surface area contributed by atoms with Crippen LogP contribution in [0.1, 0.15) is 10.4 Å². The van der Waals surface area contributed by atoms with E-state index >= 15 is 0 Å². The number of fused-ring (bicyclic) bond motifs is 1. The van der Waals surface area contributed by atoms with E-state index in [2.05, 4.69) is 4.98 Å². The lowest BCUT2D eigenvalue weighted by Gasteiger charge is -2.03. The predicted molar refractivity (Wildman–Crippen MR) is 78.7 cm³/mol. The van der Waals surface area contributed by atoms with Crippen molar-refractivity contribution >= 4 is 33.2 Å². The largest absolute Gasteiger partial charge is 0.477 e. The van der Waals surface area contributed by atoms with Gasteiger partial charge in [-0.3, -0.25) is 10.1 Å². The van der Waals surface area contributed by atoms with Crippen LogP contribution < -0.4 is 0 Å². The zero-order chi connectivity index (χ0) is 15.0. The van der Waals surface area contributed by atoms with Gasteiger partial charge in [-0.05, 0) is 12.1 Å². The Labute approximate surface area is 122 Å². The van der Waals surface area contributed by atoms with Gasteiger partial charge in [-0.25, -0.2) is 9.78 Å². The summed E-state index contributed by atoms with van der Waals surface area (Å²) in [7, 11) is 0. The number of aromatic carboxylic acids is 1. The highest BCUT2D eigenvalue weighted by Crippen LogP contribution is 2.35. The molecule has 0 saturated carbocycles. The number of rotatable bonds is 3. The van der Waals surface area contributed by atoms with E-state index in [0.29, 0.717) is 5.01 Å². The number of carboxylic acid groups (broad SMARTS) is 1. The molecular weight excluding hydrogens is 292 g/mol. The van der Waals surface area contributed by atoms with E-state index in [4.69, 9.17) is 0 Å². The lowest BCUT2D eigenvalue weighted by molar-refractivity contribution is -0.385. The predicted octanol–water partition coefficient (Wildman–Crippen LogP) is 3.57. The Morgan fingerprint density at radius 2 is 1.95 bits per heavy atom. The van der Waals surface area contributed by atoms with Crippen LogP contribution in [-0.4, -0.2) is 21.0 Å². The van der Waals surface area contributed by atoms with Crippen molar-refractivity contribution in [3.8, 4) is 10.6 Å². The molecule has 0 fully saturated rings. The number of nitrogens with zero attached hydrogens (tertiary/aromatic N) is 2. The highest BCUT2D eigenvalue weighted by Gasteiger charge is 2.25. The number of aromatic nitrogens is 1. The first-order valence-corrected chi connectivity index (χ1v) is 6.76. The summed E-state index contributed by atoms with van der Waals surface area (Å²) >= 11 is 1.31. The summed E-state index contributed by atoms with van der Waals surface area (Å²) in [6.07, 6.45) is 0. The van der Waals surface area contributed by atoms with E-state index < -0.39 is 16.6 Å². The minimum atomic E-state index is -1.34. The number of carboxylic acids is 1. The molecular formula is C14H8N2O4S. The van der Waals surface area contributed by atoms with Gasteiger partial charge in [0.25, 0.3) is 5.69 Å². The lowest BCUT2D eigenvalue weighted by Crippen LogP contribution is -2.04. The molecule has 0 spiro atoms. The molecule has 0 saturated heterocycles. The van der Waals surface area contributed by atoms with Crippen molar-refractivity contribution in [3.63, 3.8) is 0 Å². The van der Waals surface area contributed by atoms with Crippen molar-refractivity contribution in [1.29, 1.82) is 0 Å². The van der Waals surface area contributed by atoms with Crippen LogP contribution in [0.15, 0.2) is 42.5 Å². The molecule has 0 aliphatic carbocycles. The molecule has 104 valence electrons. The highest BCUT2D eigenvalue weighted by atomic mass is 32.1. The van der Waals surface area contributed by atoms with Crippen LogP contribution in [0.4, 0.5) is 5.69 Å². The molecule has 0 aliphatic heterocycles. The monoisotopic (exact) mass is 300 g/mol. The average molecular weight is 300 g/mol. The Hall–Kier alpha value is -2.80. The summed E-state index contributed by atoms with van der Waals surface area (Å²) in [5, 5.41) is 20.8. The molecule has 1 aromatic heterocycles. The summed E-state index contributed by atoms with van der Waals surface area (Å²) in [5.41, 5.74) is 0.235. The lowest BCUT2D eigenvalue weighted by atomic mass is 10.1. The van der Waals surface area contributed by atoms with Gasteiger partial charge in [0.05, 0.1) is 15.1 Å². The Balaban J connectivity index is 2.28. The quantitative estimate of drug-likeness (QED) is 0.589. The second-order valence-electron chi connectivity index (χ2n) is 4.25. The van der Waals surface area contributed by atoms with Crippen LogP contribution in [-0.2, 0) is 0 Å². The Morgan fingerprint density at radius 3 is 2.62 bits per heavy atom. The molecule has 0 bridgehead atoms. The second kappa shape index (κ2) is 4.95. The first-order valence-electron chi connectivity index (χ1n) is 5.94. The zero-order valence-corrected chi connectivity index (χ0v) is 11.3. The summed E-state index contributed by atoms with van der Waals surface area (Å²) < 4.78 is 0.898. The van der Waals surface area contributed by atoms with Crippen LogP contribution in [0.3, 0.4) is 0 Å². The highest BCUT2D eigenvalue weighted by molar-refractivity contribution is 7.21. The van der Waals surface area contributed by atoms with E-state index in [-0.39, 0.29) is 11.1 Å². The smallest absolute Gasteiger partial charge is 0.343 e. The maximum atomic E-state index is 11.4. The number of benzene rings is 2. The molecule has 0 amide bonds. The molecule has 1 N–H and O–H groups in total. The van der Waals surface area contributed by atoms with Crippen LogP contribution in [0.2, 0.25) is 0 Å². The molecule has 6 nitrogen and oxygen atoms in total.